The predicted molar refractivity (Wildman–Crippen MR) is 161 cm³/mol. The molecule has 41 heavy (non-hydrogen) atoms. The molecule has 0 amide bonds. The zero-order valence-corrected chi connectivity index (χ0v) is 23.0. The van der Waals surface area contributed by atoms with E-state index < -0.39 is 0 Å². The lowest BCUT2D eigenvalue weighted by Gasteiger charge is -2.31. The van der Waals surface area contributed by atoms with E-state index in [0.717, 1.165) is 37.3 Å². The summed E-state index contributed by atoms with van der Waals surface area (Å²) in [6, 6.07) is 31.7. The molecule has 1 aliphatic rings. The summed E-state index contributed by atoms with van der Waals surface area (Å²) < 4.78 is 1.74. The second-order valence-corrected chi connectivity index (χ2v) is 10.6. The molecule has 1 fully saturated rings. The quantitative estimate of drug-likeness (QED) is 0.243. The number of ketones is 3. The van der Waals surface area contributed by atoms with Gasteiger partial charge in [0.05, 0.1) is 17.8 Å². The molecule has 1 saturated heterocycles. The number of carbonyl (C=O) groups excluding carboxylic acids is 3. The fourth-order valence-corrected chi connectivity index (χ4v) is 5.38. The highest BCUT2D eigenvalue weighted by Crippen LogP contribution is 2.25. The number of Topliss-reactive ketones (excluding diaryl/α,β-unsaturated/α-hetero) is 1. The van der Waals surface area contributed by atoms with Crippen molar-refractivity contribution in [2.75, 3.05) is 39.8 Å². The average Bonchev–Trinajstić information content (AvgIpc) is 3.41. The van der Waals surface area contributed by atoms with Gasteiger partial charge in [-0.15, -0.1) is 0 Å². The number of hydrogen-bond donors (Lipinski definition) is 0. The van der Waals surface area contributed by atoms with E-state index in [-0.39, 0.29) is 23.9 Å². The van der Waals surface area contributed by atoms with Gasteiger partial charge in [-0.2, -0.15) is 0 Å². The van der Waals surface area contributed by atoms with Crippen molar-refractivity contribution in [3.63, 3.8) is 0 Å². The Morgan fingerprint density at radius 1 is 0.634 bits per heavy atom. The first kappa shape index (κ1) is 26.6. The molecule has 1 aliphatic heterocycles. The summed E-state index contributed by atoms with van der Waals surface area (Å²) in [6.07, 6.45) is 1.73. The first-order chi connectivity index (χ1) is 20.0. The van der Waals surface area contributed by atoms with E-state index in [1.54, 1.807) is 40.9 Å². The van der Waals surface area contributed by atoms with Crippen LogP contribution in [0.4, 0.5) is 0 Å². The third-order valence-corrected chi connectivity index (χ3v) is 7.82. The van der Waals surface area contributed by atoms with Crippen LogP contribution in [0.5, 0.6) is 0 Å². The Morgan fingerprint density at radius 2 is 1.24 bits per heavy atom. The Morgan fingerprint density at radius 3 is 1.93 bits per heavy atom. The lowest BCUT2D eigenvalue weighted by molar-refractivity contribution is 0.0877. The van der Waals surface area contributed by atoms with Crippen LogP contribution >= 0.6 is 0 Å². The number of aromatic nitrogens is 1. The summed E-state index contributed by atoms with van der Waals surface area (Å²) >= 11 is 0. The summed E-state index contributed by atoms with van der Waals surface area (Å²) in [6.45, 7) is 3.70. The smallest absolute Gasteiger partial charge is 0.209 e. The molecular weight excluding hydrogens is 510 g/mol. The number of hydrogen-bond acceptors (Lipinski definition) is 5. The van der Waals surface area contributed by atoms with Gasteiger partial charge in [0.15, 0.2) is 11.6 Å². The van der Waals surface area contributed by atoms with Gasteiger partial charge in [-0.25, -0.2) is 0 Å². The van der Waals surface area contributed by atoms with E-state index >= 15 is 0 Å². The maximum atomic E-state index is 13.8. The first-order valence-electron chi connectivity index (χ1n) is 13.9. The maximum absolute atomic E-state index is 13.8. The third kappa shape index (κ3) is 5.53. The Bertz CT molecular complexity index is 1720. The van der Waals surface area contributed by atoms with E-state index in [9.17, 15) is 14.4 Å². The standard InChI is InChI=1S/C35H31N3O3/c1-36-18-20-37(21-19-36)24-33(39)30-23-32(35(41)28-14-12-26(13-15-28)25-8-4-2-5-9-25)38-17-16-29(22-31(30)38)34(40)27-10-6-3-7-11-27/h2-17,22-23H,18-21,24H2,1H3. The third-order valence-electron chi connectivity index (χ3n) is 7.82. The molecule has 3 aromatic carbocycles. The highest BCUT2D eigenvalue weighted by atomic mass is 16.1. The van der Waals surface area contributed by atoms with E-state index in [1.807, 2.05) is 72.8 Å². The molecule has 6 nitrogen and oxygen atoms in total. The second kappa shape index (κ2) is 11.5. The van der Waals surface area contributed by atoms with Gasteiger partial charge >= 0.3 is 0 Å². The Kier molecular flexibility index (Phi) is 7.42. The average molecular weight is 542 g/mol. The maximum Gasteiger partial charge on any atom is 0.209 e. The van der Waals surface area contributed by atoms with Gasteiger partial charge in [-0.05, 0) is 36.4 Å². The molecule has 6 rings (SSSR count). The van der Waals surface area contributed by atoms with Crippen LogP contribution < -0.4 is 0 Å². The molecule has 0 atom stereocenters. The van der Waals surface area contributed by atoms with Crippen LogP contribution in [0.1, 0.15) is 42.3 Å². The van der Waals surface area contributed by atoms with Crippen molar-refractivity contribution in [1.82, 2.24) is 14.2 Å². The molecule has 0 N–H and O–H groups in total. The number of likely N-dealkylation sites (N-methyl/N-ethyl adjacent to an activating group) is 1. The van der Waals surface area contributed by atoms with Gasteiger partial charge in [-0.3, -0.25) is 19.3 Å². The van der Waals surface area contributed by atoms with Crippen LogP contribution in [-0.2, 0) is 0 Å². The summed E-state index contributed by atoms with van der Waals surface area (Å²) in [4.78, 5) is 45.1. The van der Waals surface area contributed by atoms with Gasteiger partial charge < -0.3 is 9.30 Å². The van der Waals surface area contributed by atoms with E-state index in [0.29, 0.717) is 33.5 Å². The Balaban J connectivity index is 1.37. The van der Waals surface area contributed by atoms with Crippen LogP contribution in [0.2, 0.25) is 0 Å². The molecule has 0 bridgehead atoms. The van der Waals surface area contributed by atoms with E-state index in [1.165, 1.54) is 0 Å². The van der Waals surface area contributed by atoms with E-state index in [2.05, 4.69) is 16.8 Å². The molecule has 0 unspecified atom stereocenters. The molecule has 0 aliphatic carbocycles. The van der Waals surface area contributed by atoms with Gasteiger partial charge in [0, 0.05) is 54.6 Å². The zero-order valence-electron chi connectivity index (χ0n) is 23.0. The number of nitrogens with zero attached hydrogens (tertiary/aromatic N) is 3. The minimum Gasteiger partial charge on any atom is -0.313 e. The number of piperazine rings is 1. The fourth-order valence-electron chi connectivity index (χ4n) is 5.38. The number of pyridine rings is 1. The van der Waals surface area contributed by atoms with Crippen molar-refractivity contribution >= 4 is 22.9 Å². The number of rotatable bonds is 8. The van der Waals surface area contributed by atoms with Crippen LogP contribution in [-0.4, -0.2) is 71.3 Å². The number of carbonyl (C=O) groups is 3. The Labute approximate surface area is 239 Å². The zero-order chi connectivity index (χ0) is 28.3. The van der Waals surface area contributed by atoms with Gasteiger partial charge in [0.1, 0.15) is 0 Å². The van der Waals surface area contributed by atoms with Crippen molar-refractivity contribution in [3.8, 4) is 11.1 Å². The largest absolute Gasteiger partial charge is 0.313 e. The minimum atomic E-state index is -0.180. The van der Waals surface area contributed by atoms with E-state index in [4.69, 9.17) is 0 Å². The monoisotopic (exact) mass is 541 g/mol. The first-order valence-corrected chi connectivity index (χ1v) is 13.9. The molecule has 5 aromatic rings. The van der Waals surface area contributed by atoms with Crippen molar-refractivity contribution in [2.45, 2.75) is 0 Å². The highest BCUT2D eigenvalue weighted by molar-refractivity contribution is 6.14. The Hall–Kier alpha value is -4.65. The molecule has 0 spiro atoms. The normalized spacial score (nSPS) is 14.3. The second-order valence-electron chi connectivity index (χ2n) is 10.6. The molecule has 6 heteroatoms. The van der Waals surface area contributed by atoms with Crippen molar-refractivity contribution in [2.24, 2.45) is 0 Å². The SMILES string of the molecule is CN1CCN(CC(=O)c2cc(C(=O)c3ccc(-c4ccccc4)cc3)n3ccc(C(=O)c4ccccc4)cc23)CC1. The highest BCUT2D eigenvalue weighted by Gasteiger charge is 2.24. The number of fused-ring (bicyclic) bond motifs is 1. The number of benzene rings is 3. The lowest BCUT2D eigenvalue weighted by atomic mass is 10.0. The van der Waals surface area contributed by atoms with Crippen molar-refractivity contribution in [1.29, 1.82) is 0 Å². The molecule has 3 heterocycles. The lowest BCUT2D eigenvalue weighted by Crippen LogP contribution is -2.46. The fraction of sp³-hybridized carbons (Fsp3) is 0.171. The minimum absolute atomic E-state index is 0.0603. The predicted octanol–water partition coefficient (Wildman–Crippen LogP) is 5.50. The molecule has 2 aromatic heterocycles. The summed E-state index contributed by atoms with van der Waals surface area (Å²) in [5.74, 6) is -0.369. The molecule has 0 radical (unpaired) electrons. The summed E-state index contributed by atoms with van der Waals surface area (Å²) in [7, 11) is 2.08. The van der Waals surface area contributed by atoms with Gasteiger partial charge in [0.25, 0.3) is 0 Å². The molecule has 0 saturated carbocycles. The van der Waals surface area contributed by atoms with Crippen LogP contribution in [0.3, 0.4) is 0 Å². The van der Waals surface area contributed by atoms with Crippen LogP contribution in [0.15, 0.2) is 109 Å². The van der Waals surface area contributed by atoms with Gasteiger partial charge in [0.2, 0.25) is 5.78 Å². The van der Waals surface area contributed by atoms with Crippen molar-refractivity contribution in [3.05, 3.63) is 137 Å². The molecular formula is C35H31N3O3. The van der Waals surface area contributed by atoms with Crippen LogP contribution in [0, 0.1) is 0 Å². The van der Waals surface area contributed by atoms with Gasteiger partial charge in [-0.1, -0.05) is 84.9 Å². The van der Waals surface area contributed by atoms with Crippen LogP contribution in [0.25, 0.3) is 16.6 Å². The van der Waals surface area contributed by atoms with Crippen molar-refractivity contribution < 1.29 is 14.4 Å². The molecule has 204 valence electrons. The topological polar surface area (TPSA) is 62.1 Å². The summed E-state index contributed by atoms with van der Waals surface area (Å²) in [5.41, 5.74) is 5.09. The summed E-state index contributed by atoms with van der Waals surface area (Å²) in [5, 5.41) is 0.